The van der Waals surface area contributed by atoms with Crippen LogP contribution < -0.4 is 0 Å². The molecule has 0 aliphatic carbocycles. The zero-order valence-corrected chi connectivity index (χ0v) is 7.91. The molecule has 15 heavy (non-hydrogen) atoms. The maximum Gasteiger partial charge on any atom is 0.384 e. The van der Waals surface area contributed by atoms with E-state index in [4.69, 9.17) is 5.11 Å². The fourth-order valence-electron chi connectivity index (χ4n) is 0.898. The average Bonchev–Trinajstić information content (AvgIpc) is 2.18. The summed E-state index contributed by atoms with van der Waals surface area (Å²) in [5.41, 5.74) is -0.751. The summed E-state index contributed by atoms with van der Waals surface area (Å²) in [6.45, 7) is 1.30. The fraction of sp³-hybridized carbons (Fsp3) is 0.333. The Kier molecular flexibility index (Phi) is 3.18. The van der Waals surface area contributed by atoms with Crippen molar-refractivity contribution in [3.05, 3.63) is 24.0 Å². The standard InChI is InChI=1S/C9H9F2NO3/c1-2-15-8(14)9(10,11)7-4-3-6(13)5-12-7/h3-5,13H,2H2,1H3. The fourth-order valence-corrected chi connectivity index (χ4v) is 0.898. The predicted molar refractivity (Wildman–Crippen MR) is 46.4 cm³/mol. The van der Waals surface area contributed by atoms with E-state index in [1.54, 1.807) is 0 Å². The number of halogens is 2. The van der Waals surface area contributed by atoms with E-state index in [1.165, 1.54) is 6.92 Å². The molecule has 0 radical (unpaired) electrons. The number of esters is 1. The Hall–Kier alpha value is -1.72. The summed E-state index contributed by atoms with van der Waals surface area (Å²) < 4.78 is 30.7. The number of hydrogen-bond acceptors (Lipinski definition) is 4. The number of aromatic hydroxyl groups is 1. The number of aromatic nitrogens is 1. The smallest absolute Gasteiger partial charge is 0.384 e. The van der Waals surface area contributed by atoms with Crippen molar-refractivity contribution < 1.29 is 23.4 Å². The van der Waals surface area contributed by atoms with Gasteiger partial charge >= 0.3 is 11.9 Å². The number of pyridine rings is 1. The zero-order valence-electron chi connectivity index (χ0n) is 7.91. The van der Waals surface area contributed by atoms with E-state index >= 15 is 0 Å². The van der Waals surface area contributed by atoms with Crippen LogP contribution in [0.15, 0.2) is 18.3 Å². The highest BCUT2D eigenvalue weighted by atomic mass is 19.3. The van der Waals surface area contributed by atoms with Crippen LogP contribution in [0.4, 0.5) is 8.78 Å². The first-order valence-corrected chi connectivity index (χ1v) is 4.19. The Labute approximate surface area is 84.5 Å². The van der Waals surface area contributed by atoms with Gasteiger partial charge < -0.3 is 9.84 Å². The molecule has 0 aliphatic heterocycles. The van der Waals surface area contributed by atoms with Gasteiger partial charge in [0.1, 0.15) is 11.4 Å². The van der Waals surface area contributed by atoms with Gasteiger partial charge in [-0.3, -0.25) is 4.98 Å². The van der Waals surface area contributed by atoms with E-state index in [1.807, 2.05) is 0 Å². The molecule has 0 aliphatic rings. The van der Waals surface area contributed by atoms with Gasteiger partial charge in [0.15, 0.2) is 0 Å². The first-order chi connectivity index (χ1) is 6.98. The molecular weight excluding hydrogens is 208 g/mol. The summed E-state index contributed by atoms with van der Waals surface area (Å²) in [6, 6.07) is 1.89. The van der Waals surface area contributed by atoms with Crippen molar-refractivity contribution >= 4 is 5.97 Å². The molecule has 82 valence electrons. The van der Waals surface area contributed by atoms with Gasteiger partial charge in [0, 0.05) is 0 Å². The summed E-state index contributed by atoms with van der Waals surface area (Å²) >= 11 is 0. The minimum Gasteiger partial charge on any atom is -0.506 e. The van der Waals surface area contributed by atoms with E-state index < -0.39 is 17.6 Å². The van der Waals surface area contributed by atoms with Gasteiger partial charge in [-0.15, -0.1) is 0 Å². The van der Waals surface area contributed by atoms with Gasteiger partial charge in [-0.25, -0.2) is 4.79 Å². The highest BCUT2D eigenvalue weighted by molar-refractivity contribution is 5.78. The Morgan fingerprint density at radius 1 is 1.60 bits per heavy atom. The number of carbonyl (C=O) groups excluding carboxylic acids is 1. The predicted octanol–water partition coefficient (Wildman–Crippen LogP) is 1.44. The molecular formula is C9H9F2NO3. The molecule has 0 fully saturated rings. The summed E-state index contributed by atoms with van der Waals surface area (Å²) in [4.78, 5) is 14.1. The van der Waals surface area contributed by atoms with E-state index in [0.717, 1.165) is 18.3 Å². The van der Waals surface area contributed by atoms with Crippen molar-refractivity contribution in [1.29, 1.82) is 0 Å². The first-order valence-electron chi connectivity index (χ1n) is 4.19. The third kappa shape index (κ3) is 2.39. The maximum atomic E-state index is 13.2. The first kappa shape index (κ1) is 11.4. The molecule has 0 unspecified atom stereocenters. The van der Waals surface area contributed by atoms with E-state index in [0.29, 0.717) is 0 Å². The normalized spacial score (nSPS) is 11.1. The molecule has 4 nitrogen and oxygen atoms in total. The van der Waals surface area contributed by atoms with Gasteiger partial charge in [0.2, 0.25) is 0 Å². The number of rotatable bonds is 3. The van der Waals surface area contributed by atoms with Gasteiger partial charge in [0.05, 0.1) is 12.8 Å². The molecule has 0 spiro atoms. The SMILES string of the molecule is CCOC(=O)C(F)(F)c1ccc(O)cn1. The average molecular weight is 217 g/mol. The van der Waals surface area contributed by atoms with Crippen LogP contribution in [-0.4, -0.2) is 22.7 Å². The van der Waals surface area contributed by atoms with Crippen molar-refractivity contribution in [1.82, 2.24) is 4.98 Å². The molecule has 0 amide bonds. The summed E-state index contributed by atoms with van der Waals surface area (Å²) in [7, 11) is 0. The molecule has 1 aromatic heterocycles. The topological polar surface area (TPSA) is 59.4 Å². The van der Waals surface area contributed by atoms with Crippen LogP contribution in [0, 0.1) is 0 Å². The van der Waals surface area contributed by atoms with Crippen LogP contribution in [0.1, 0.15) is 12.6 Å². The lowest BCUT2D eigenvalue weighted by Gasteiger charge is -2.13. The second-order valence-electron chi connectivity index (χ2n) is 2.70. The molecule has 1 N–H and O–H groups in total. The summed E-state index contributed by atoms with van der Waals surface area (Å²) in [5, 5.41) is 8.84. The lowest BCUT2D eigenvalue weighted by molar-refractivity contribution is -0.173. The molecule has 0 saturated heterocycles. The lowest BCUT2D eigenvalue weighted by atomic mass is 10.2. The number of alkyl halides is 2. The van der Waals surface area contributed by atoms with Crippen LogP contribution in [-0.2, 0) is 15.5 Å². The molecule has 0 saturated carbocycles. The minimum atomic E-state index is -3.79. The van der Waals surface area contributed by atoms with Crippen molar-refractivity contribution in [2.75, 3.05) is 6.61 Å². The number of hydrogen-bond donors (Lipinski definition) is 1. The lowest BCUT2D eigenvalue weighted by Crippen LogP contribution is -2.29. The Bertz CT molecular complexity index is 351. The van der Waals surface area contributed by atoms with Gasteiger partial charge in [-0.05, 0) is 19.1 Å². The molecule has 6 heteroatoms. The third-order valence-electron chi connectivity index (χ3n) is 1.60. The number of carbonyl (C=O) groups is 1. The molecule has 0 atom stereocenters. The van der Waals surface area contributed by atoms with Gasteiger partial charge in [0.25, 0.3) is 0 Å². The quantitative estimate of drug-likeness (QED) is 0.778. The molecule has 1 rings (SSSR count). The summed E-state index contributed by atoms with van der Waals surface area (Å²) in [5.74, 6) is -5.69. The highest BCUT2D eigenvalue weighted by Gasteiger charge is 2.44. The summed E-state index contributed by atoms with van der Waals surface area (Å²) in [6.07, 6.45) is 0.836. The maximum absolute atomic E-state index is 13.2. The van der Waals surface area contributed by atoms with Crippen molar-refractivity contribution in [2.45, 2.75) is 12.8 Å². The Balaban J connectivity index is 2.94. The minimum absolute atomic E-state index is 0.132. The number of ether oxygens (including phenoxy) is 1. The van der Waals surface area contributed by atoms with Crippen LogP contribution in [0.3, 0.4) is 0 Å². The second-order valence-corrected chi connectivity index (χ2v) is 2.70. The van der Waals surface area contributed by atoms with E-state index in [9.17, 15) is 13.6 Å². The van der Waals surface area contributed by atoms with Crippen LogP contribution in [0.5, 0.6) is 5.75 Å². The van der Waals surface area contributed by atoms with E-state index in [-0.39, 0.29) is 12.4 Å². The molecule has 0 aromatic carbocycles. The molecule has 1 aromatic rings. The molecule has 0 bridgehead atoms. The number of nitrogens with zero attached hydrogens (tertiary/aromatic N) is 1. The monoisotopic (exact) mass is 217 g/mol. The Morgan fingerprint density at radius 2 is 2.27 bits per heavy atom. The highest BCUT2D eigenvalue weighted by Crippen LogP contribution is 2.28. The second kappa shape index (κ2) is 4.20. The zero-order chi connectivity index (χ0) is 11.5. The third-order valence-corrected chi connectivity index (χ3v) is 1.60. The van der Waals surface area contributed by atoms with Crippen molar-refractivity contribution in [3.63, 3.8) is 0 Å². The van der Waals surface area contributed by atoms with Gasteiger partial charge in [-0.2, -0.15) is 8.78 Å². The van der Waals surface area contributed by atoms with Crippen LogP contribution in [0.25, 0.3) is 0 Å². The van der Waals surface area contributed by atoms with E-state index in [2.05, 4.69) is 9.72 Å². The van der Waals surface area contributed by atoms with Crippen molar-refractivity contribution in [2.24, 2.45) is 0 Å². The van der Waals surface area contributed by atoms with Gasteiger partial charge in [-0.1, -0.05) is 0 Å². The van der Waals surface area contributed by atoms with Crippen molar-refractivity contribution in [3.8, 4) is 5.75 Å². The van der Waals surface area contributed by atoms with Crippen LogP contribution in [0.2, 0.25) is 0 Å². The largest absolute Gasteiger partial charge is 0.506 e. The van der Waals surface area contributed by atoms with Crippen LogP contribution >= 0.6 is 0 Å². The molecule has 1 heterocycles. The Morgan fingerprint density at radius 3 is 2.73 bits per heavy atom.